The van der Waals surface area contributed by atoms with Gasteiger partial charge in [-0.25, -0.2) is 4.39 Å². The van der Waals surface area contributed by atoms with Gasteiger partial charge in [0.2, 0.25) is 0 Å². The van der Waals surface area contributed by atoms with Crippen molar-refractivity contribution >= 4 is 11.7 Å². The van der Waals surface area contributed by atoms with Crippen molar-refractivity contribution < 1.29 is 19.1 Å². The van der Waals surface area contributed by atoms with Crippen molar-refractivity contribution in [1.29, 1.82) is 5.26 Å². The van der Waals surface area contributed by atoms with E-state index in [1.165, 1.54) is 12.3 Å². The Balaban J connectivity index is 1.71. The van der Waals surface area contributed by atoms with Gasteiger partial charge in [0.1, 0.15) is 23.0 Å². The van der Waals surface area contributed by atoms with Crippen molar-refractivity contribution in [2.45, 2.75) is 57.4 Å². The predicted octanol–water partition coefficient (Wildman–Crippen LogP) is 3.36. The molecule has 0 saturated heterocycles. The molecule has 2 aromatic rings. The number of nitrogens with zero attached hydrogens (tertiary/aromatic N) is 2. The van der Waals surface area contributed by atoms with Crippen LogP contribution in [-0.4, -0.2) is 27.3 Å². The van der Waals surface area contributed by atoms with Crippen molar-refractivity contribution in [2.24, 2.45) is 0 Å². The van der Waals surface area contributed by atoms with Gasteiger partial charge >= 0.3 is 0 Å². The quantitative estimate of drug-likeness (QED) is 0.761. The molecule has 1 amide bonds. The van der Waals surface area contributed by atoms with E-state index in [-0.39, 0.29) is 47.1 Å². The van der Waals surface area contributed by atoms with Gasteiger partial charge in [0.25, 0.3) is 5.91 Å². The average molecular weight is 409 g/mol. The van der Waals surface area contributed by atoms with Crippen LogP contribution in [0.15, 0.2) is 30.5 Å². The first-order chi connectivity index (χ1) is 14.0. The zero-order valence-corrected chi connectivity index (χ0v) is 17.3. The highest BCUT2D eigenvalue weighted by Gasteiger charge is 2.47. The molecule has 1 fully saturated rings. The average Bonchev–Trinajstić information content (AvgIpc) is 3.44. The van der Waals surface area contributed by atoms with Crippen LogP contribution in [0.4, 0.5) is 4.39 Å². The largest absolute Gasteiger partial charge is 0.508 e. The Bertz CT molecular complexity index is 1050. The number of halogens is 1. The van der Waals surface area contributed by atoms with Crippen LogP contribution in [0.1, 0.15) is 60.8 Å². The van der Waals surface area contributed by atoms with Gasteiger partial charge in [0, 0.05) is 30.1 Å². The highest BCUT2D eigenvalue weighted by molar-refractivity contribution is 5.93. The van der Waals surface area contributed by atoms with Crippen molar-refractivity contribution in [3.8, 4) is 11.8 Å². The molecule has 6 nitrogen and oxygen atoms in total. The number of aromatic nitrogens is 1. The van der Waals surface area contributed by atoms with E-state index in [9.17, 15) is 24.3 Å². The number of hydrogen-bond acceptors (Lipinski definition) is 5. The fourth-order valence-electron chi connectivity index (χ4n) is 3.31. The summed E-state index contributed by atoms with van der Waals surface area (Å²) in [5.74, 6) is -1.38. The second-order valence-corrected chi connectivity index (χ2v) is 8.80. The molecule has 0 aliphatic heterocycles. The molecule has 1 saturated carbocycles. The first kappa shape index (κ1) is 21.4. The number of nitrogens with one attached hydrogen (secondary N) is 1. The number of nitriles is 1. The lowest BCUT2D eigenvalue weighted by molar-refractivity contribution is -0.117. The molecule has 0 radical (unpaired) electrons. The molecule has 1 heterocycles. The summed E-state index contributed by atoms with van der Waals surface area (Å²) in [6.07, 6.45) is 2.43. The molecule has 156 valence electrons. The second kappa shape index (κ2) is 7.86. The van der Waals surface area contributed by atoms with Crippen LogP contribution >= 0.6 is 0 Å². The number of carbonyl (C=O) groups is 2. The van der Waals surface area contributed by atoms with E-state index < -0.39 is 16.8 Å². The van der Waals surface area contributed by atoms with E-state index in [4.69, 9.17) is 0 Å². The molecular weight excluding hydrogens is 385 g/mol. The third-order valence-electron chi connectivity index (χ3n) is 4.98. The van der Waals surface area contributed by atoms with Crippen LogP contribution in [0, 0.1) is 17.1 Å². The number of pyridine rings is 1. The molecule has 0 unspecified atom stereocenters. The number of phenols is 1. The van der Waals surface area contributed by atoms with E-state index in [0.717, 1.165) is 6.07 Å². The number of rotatable bonds is 6. The number of aromatic hydroxyl groups is 1. The Hall–Kier alpha value is -3.27. The minimum atomic E-state index is -0.811. The van der Waals surface area contributed by atoms with Gasteiger partial charge in [0.05, 0.1) is 11.5 Å². The summed E-state index contributed by atoms with van der Waals surface area (Å²) >= 11 is 0. The van der Waals surface area contributed by atoms with Gasteiger partial charge in [-0.05, 0) is 69.0 Å². The lowest BCUT2D eigenvalue weighted by Crippen LogP contribution is -2.40. The normalized spacial score (nSPS) is 14.6. The molecule has 0 atom stereocenters. The first-order valence-corrected chi connectivity index (χ1v) is 9.75. The van der Waals surface area contributed by atoms with Crippen LogP contribution < -0.4 is 5.32 Å². The number of hydrogen-bond donors (Lipinski definition) is 2. The van der Waals surface area contributed by atoms with Gasteiger partial charge in [-0.3, -0.25) is 14.6 Å². The molecule has 1 aromatic carbocycles. The summed E-state index contributed by atoms with van der Waals surface area (Å²) in [5.41, 5.74) is -0.0708. The lowest BCUT2D eigenvalue weighted by Gasteiger charge is -2.20. The monoisotopic (exact) mass is 409 g/mol. The van der Waals surface area contributed by atoms with Gasteiger partial charge in [-0.15, -0.1) is 0 Å². The van der Waals surface area contributed by atoms with Crippen LogP contribution in [0.5, 0.6) is 5.75 Å². The van der Waals surface area contributed by atoms with Crippen molar-refractivity contribution in [1.82, 2.24) is 10.3 Å². The fraction of sp³-hybridized carbons (Fsp3) is 0.391. The number of ketones is 1. The molecule has 3 rings (SSSR count). The second-order valence-electron chi connectivity index (χ2n) is 8.80. The predicted molar refractivity (Wildman–Crippen MR) is 108 cm³/mol. The SMILES string of the molecule is CC(C)(C)NC(=O)c1cc(CC(=O)Cc2cc(O)c(C3(C#N)CC3)cc2F)ccn1. The summed E-state index contributed by atoms with van der Waals surface area (Å²) < 4.78 is 14.5. The Kier molecular flexibility index (Phi) is 5.62. The summed E-state index contributed by atoms with van der Waals surface area (Å²) in [5, 5.41) is 22.3. The smallest absolute Gasteiger partial charge is 0.270 e. The molecule has 0 bridgehead atoms. The van der Waals surface area contributed by atoms with Gasteiger partial charge in [-0.1, -0.05) is 0 Å². The third-order valence-corrected chi connectivity index (χ3v) is 4.98. The zero-order chi connectivity index (χ0) is 22.1. The molecule has 7 heteroatoms. The topological polar surface area (TPSA) is 103 Å². The fourth-order valence-corrected chi connectivity index (χ4v) is 3.31. The molecule has 1 aromatic heterocycles. The third kappa shape index (κ3) is 4.82. The number of benzene rings is 1. The van der Waals surface area contributed by atoms with E-state index in [2.05, 4.69) is 16.4 Å². The Morgan fingerprint density at radius 3 is 2.57 bits per heavy atom. The molecule has 1 aliphatic carbocycles. The van der Waals surface area contributed by atoms with E-state index in [1.54, 1.807) is 12.1 Å². The standard InChI is InChI=1S/C23H24FN3O3/c1-22(2,3)27-21(30)19-9-14(4-7-26-19)8-16(28)10-15-11-20(29)17(12-18(15)24)23(13-25)5-6-23/h4,7,9,11-12,29H,5-6,8,10H2,1-3H3,(H,27,30). The van der Waals surface area contributed by atoms with E-state index in [1.807, 2.05) is 20.8 Å². The highest BCUT2D eigenvalue weighted by atomic mass is 19.1. The summed E-state index contributed by atoms with van der Waals surface area (Å²) in [7, 11) is 0. The summed E-state index contributed by atoms with van der Waals surface area (Å²) in [6.45, 7) is 5.57. The Labute approximate surface area is 174 Å². The highest BCUT2D eigenvalue weighted by Crippen LogP contribution is 2.50. The number of Topliss-reactive ketones (excluding diaryl/α,β-unsaturated/α-hetero) is 1. The maximum atomic E-state index is 14.5. The number of phenolic OH excluding ortho intramolecular Hbond substituents is 1. The van der Waals surface area contributed by atoms with E-state index >= 15 is 0 Å². The Morgan fingerprint density at radius 2 is 1.97 bits per heavy atom. The Morgan fingerprint density at radius 1 is 1.27 bits per heavy atom. The van der Waals surface area contributed by atoms with Crippen LogP contribution in [-0.2, 0) is 23.1 Å². The number of carbonyl (C=O) groups excluding carboxylic acids is 2. The van der Waals surface area contributed by atoms with Crippen molar-refractivity contribution in [2.75, 3.05) is 0 Å². The van der Waals surface area contributed by atoms with Crippen LogP contribution in [0.2, 0.25) is 0 Å². The molecular formula is C23H24FN3O3. The zero-order valence-electron chi connectivity index (χ0n) is 17.3. The summed E-state index contributed by atoms with van der Waals surface area (Å²) in [4.78, 5) is 28.8. The molecule has 1 aliphatic rings. The lowest BCUT2D eigenvalue weighted by atomic mass is 9.93. The van der Waals surface area contributed by atoms with Gasteiger partial charge < -0.3 is 10.4 Å². The molecule has 0 spiro atoms. The molecule has 30 heavy (non-hydrogen) atoms. The van der Waals surface area contributed by atoms with Crippen LogP contribution in [0.3, 0.4) is 0 Å². The van der Waals surface area contributed by atoms with Gasteiger partial charge in [0.15, 0.2) is 0 Å². The minimum Gasteiger partial charge on any atom is -0.508 e. The van der Waals surface area contributed by atoms with Crippen molar-refractivity contribution in [3.63, 3.8) is 0 Å². The maximum absolute atomic E-state index is 14.5. The van der Waals surface area contributed by atoms with Crippen molar-refractivity contribution in [3.05, 3.63) is 58.7 Å². The minimum absolute atomic E-state index is 0.00239. The molecule has 2 N–H and O–H groups in total. The first-order valence-electron chi connectivity index (χ1n) is 9.75. The van der Waals surface area contributed by atoms with Crippen LogP contribution in [0.25, 0.3) is 0 Å². The maximum Gasteiger partial charge on any atom is 0.270 e. The van der Waals surface area contributed by atoms with Gasteiger partial charge in [-0.2, -0.15) is 5.26 Å². The van der Waals surface area contributed by atoms with E-state index in [0.29, 0.717) is 18.4 Å². The number of amides is 1. The summed E-state index contributed by atoms with van der Waals surface area (Å²) in [6, 6.07) is 7.69.